The minimum atomic E-state index is -4.98. The highest BCUT2D eigenvalue weighted by atomic mass is 19.4. The minimum Gasteiger partial charge on any atom is -0.368 e. The minimum absolute atomic E-state index is 0.0282. The molecular formula is C16H20F3N3O2. The van der Waals surface area contributed by atoms with Crippen molar-refractivity contribution in [1.29, 1.82) is 0 Å². The summed E-state index contributed by atoms with van der Waals surface area (Å²) in [7, 11) is 1.01. The molecule has 0 radical (unpaired) electrons. The number of anilines is 2. The Kier molecular flexibility index (Phi) is 5.05. The highest BCUT2D eigenvalue weighted by Crippen LogP contribution is 2.31. The molecule has 132 valence electrons. The zero-order valence-electron chi connectivity index (χ0n) is 13.6. The lowest BCUT2D eigenvalue weighted by molar-refractivity contribution is -0.170. The van der Waals surface area contributed by atoms with E-state index < -0.39 is 18.0 Å². The zero-order chi connectivity index (χ0) is 18.1. The fourth-order valence-electron chi connectivity index (χ4n) is 2.94. The molecule has 2 N–H and O–H groups in total. The van der Waals surface area contributed by atoms with E-state index in [2.05, 4.69) is 0 Å². The number of nitrogens with two attached hydrogens (primary N) is 1. The van der Waals surface area contributed by atoms with Crippen LogP contribution in [0.3, 0.4) is 0 Å². The summed E-state index contributed by atoms with van der Waals surface area (Å²) < 4.78 is 37.7. The standard InChI is InChI=1S/C16H20F3N3O2/c1-10-5-3-4-8-22(10)13-7-6-11(9-12(13)14(20)23)21(2)15(24)16(17,18)19/h6-7,9-10H,3-5,8H2,1-2H3,(H2,20,23)/t10-/m0/s1. The van der Waals surface area contributed by atoms with Crippen LogP contribution in [0.5, 0.6) is 0 Å². The Morgan fingerprint density at radius 1 is 1.29 bits per heavy atom. The van der Waals surface area contributed by atoms with Gasteiger partial charge in [0.25, 0.3) is 5.91 Å². The van der Waals surface area contributed by atoms with E-state index in [4.69, 9.17) is 5.73 Å². The van der Waals surface area contributed by atoms with Crippen LogP contribution in [-0.4, -0.2) is 37.6 Å². The molecule has 1 fully saturated rings. The first-order valence-corrected chi connectivity index (χ1v) is 7.68. The quantitative estimate of drug-likeness (QED) is 0.918. The second kappa shape index (κ2) is 6.70. The molecule has 0 saturated carbocycles. The summed E-state index contributed by atoms with van der Waals surface area (Å²) in [6, 6.07) is 4.39. The van der Waals surface area contributed by atoms with E-state index in [0.29, 0.717) is 10.6 Å². The van der Waals surface area contributed by atoms with Crippen molar-refractivity contribution >= 4 is 23.2 Å². The second-order valence-corrected chi connectivity index (χ2v) is 5.97. The number of benzene rings is 1. The average Bonchev–Trinajstić information content (AvgIpc) is 2.52. The van der Waals surface area contributed by atoms with Crippen molar-refractivity contribution in [3.63, 3.8) is 0 Å². The van der Waals surface area contributed by atoms with E-state index in [1.807, 2.05) is 11.8 Å². The predicted molar refractivity (Wildman–Crippen MR) is 85.1 cm³/mol. The molecule has 1 aromatic carbocycles. The van der Waals surface area contributed by atoms with Gasteiger partial charge in [-0.15, -0.1) is 0 Å². The van der Waals surface area contributed by atoms with Gasteiger partial charge in [-0.2, -0.15) is 13.2 Å². The van der Waals surface area contributed by atoms with Gasteiger partial charge in [0.2, 0.25) is 0 Å². The van der Waals surface area contributed by atoms with Crippen LogP contribution in [0.1, 0.15) is 36.5 Å². The van der Waals surface area contributed by atoms with Crippen molar-refractivity contribution < 1.29 is 22.8 Å². The topological polar surface area (TPSA) is 66.6 Å². The Balaban J connectivity index is 2.40. The van der Waals surface area contributed by atoms with Crippen LogP contribution in [0.4, 0.5) is 24.5 Å². The van der Waals surface area contributed by atoms with Crippen molar-refractivity contribution in [2.75, 3.05) is 23.4 Å². The van der Waals surface area contributed by atoms with E-state index in [0.717, 1.165) is 32.9 Å². The van der Waals surface area contributed by atoms with Gasteiger partial charge in [0.05, 0.1) is 5.56 Å². The summed E-state index contributed by atoms with van der Waals surface area (Å²) in [6.45, 7) is 2.77. The van der Waals surface area contributed by atoms with Gasteiger partial charge in [-0.05, 0) is 44.4 Å². The molecule has 0 aromatic heterocycles. The Bertz CT molecular complexity index is 646. The van der Waals surface area contributed by atoms with Crippen LogP contribution in [-0.2, 0) is 4.79 Å². The maximum absolute atomic E-state index is 12.6. The number of primary amides is 1. The molecule has 1 heterocycles. The highest BCUT2D eigenvalue weighted by Gasteiger charge is 2.41. The largest absolute Gasteiger partial charge is 0.471 e. The lowest BCUT2D eigenvalue weighted by Crippen LogP contribution is -2.40. The highest BCUT2D eigenvalue weighted by molar-refractivity contribution is 6.02. The molecule has 2 amide bonds. The normalized spacial score (nSPS) is 18.4. The number of alkyl halides is 3. The molecule has 0 bridgehead atoms. The van der Waals surface area contributed by atoms with E-state index >= 15 is 0 Å². The predicted octanol–water partition coefficient (Wildman–Crippen LogP) is 2.69. The monoisotopic (exact) mass is 343 g/mol. The molecule has 0 spiro atoms. The average molecular weight is 343 g/mol. The van der Waals surface area contributed by atoms with Gasteiger partial charge < -0.3 is 15.5 Å². The van der Waals surface area contributed by atoms with E-state index in [9.17, 15) is 22.8 Å². The van der Waals surface area contributed by atoms with Crippen LogP contribution >= 0.6 is 0 Å². The fraction of sp³-hybridized carbons (Fsp3) is 0.500. The Morgan fingerprint density at radius 3 is 2.50 bits per heavy atom. The number of amides is 2. The number of rotatable bonds is 3. The van der Waals surface area contributed by atoms with Crippen LogP contribution in [0.15, 0.2) is 18.2 Å². The first kappa shape index (κ1) is 18.1. The first-order chi connectivity index (χ1) is 11.1. The Hall–Kier alpha value is -2.25. The number of halogens is 3. The Labute approximate surface area is 138 Å². The summed E-state index contributed by atoms with van der Waals surface area (Å²) in [4.78, 5) is 25.6. The van der Waals surface area contributed by atoms with Gasteiger partial charge >= 0.3 is 12.1 Å². The summed E-state index contributed by atoms with van der Waals surface area (Å²) in [5.74, 6) is -2.74. The van der Waals surface area contributed by atoms with E-state index in [-0.39, 0.29) is 17.3 Å². The third-order valence-electron chi connectivity index (χ3n) is 4.29. The fourth-order valence-corrected chi connectivity index (χ4v) is 2.94. The van der Waals surface area contributed by atoms with Crippen molar-refractivity contribution in [3.8, 4) is 0 Å². The molecule has 1 aromatic rings. The molecule has 0 unspecified atom stereocenters. The second-order valence-electron chi connectivity index (χ2n) is 5.97. The summed E-state index contributed by atoms with van der Waals surface area (Å²) in [5, 5.41) is 0. The number of piperidine rings is 1. The van der Waals surface area contributed by atoms with E-state index in [1.54, 1.807) is 6.07 Å². The molecule has 1 aliphatic heterocycles. The van der Waals surface area contributed by atoms with Crippen molar-refractivity contribution in [2.24, 2.45) is 5.73 Å². The SMILES string of the molecule is C[C@H]1CCCCN1c1ccc(N(C)C(=O)C(F)(F)F)cc1C(N)=O. The van der Waals surface area contributed by atoms with Crippen molar-refractivity contribution in [3.05, 3.63) is 23.8 Å². The third-order valence-corrected chi connectivity index (χ3v) is 4.29. The van der Waals surface area contributed by atoms with Gasteiger partial charge in [0, 0.05) is 31.0 Å². The van der Waals surface area contributed by atoms with Gasteiger partial charge in [0.1, 0.15) is 0 Å². The Morgan fingerprint density at radius 2 is 1.96 bits per heavy atom. The van der Waals surface area contributed by atoms with E-state index in [1.165, 1.54) is 12.1 Å². The van der Waals surface area contributed by atoms with Crippen LogP contribution < -0.4 is 15.5 Å². The van der Waals surface area contributed by atoms with Gasteiger partial charge in [-0.3, -0.25) is 9.59 Å². The number of hydrogen-bond donors (Lipinski definition) is 1. The molecule has 1 saturated heterocycles. The number of nitrogens with zero attached hydrogens (tertiary/aromatic N) is 2. The number of carbonyl (C=O) groups is 2. The number of carbonyl (C=O) groups excluding carboxylic acids is 2. The zero-order valence-corrected chi connectivity index (χ0v) is 13.6. The van der Waals surface area contributed by atoms with Crippen molar-refractivity contribution in [2.45, 2.75) is 38.4 Å². The summed E-state index contributed by atoms with van der Waals surface area (Å²) in [6.07, 6.45) is -1.96. The number of hydrogen-bond acceptors (Lipinski definition) is 3. The molecule has 1 atom stereocenters. The smallest absolute Gasteiger partial charge is 0.368 e. The summed E-state index contributed by atoms with van der Waals surface area (Å²) in [5.41, 5.74) is 6.08. The molecule has 24 heavy (non-hydrogen) atoms. The molecule has 0 aliphatic carbocycles. The molecule has 5 nitrogen and oxygen atoms in total. The first-order valence-electron chi connectivity index (χ1n) is 7.68. The van der Waals surface area contributed by atoms with Crippen molar-refractivity contribution in [1.82, 2.24) is 0 Å². The maximum atomic E-state index is 12.6. The van der Waals surface area contributed by atoms with Crippen LogP contribution in [0.2, 0.25) is 0 Å². The molecule has 2 rings (SSSR count). The van der Waals surface area contributed by atoms with Crippen LogP contribution in [0, 0.1) is 0 Å². The summed E-state index contributed by atoms with van der Waals surface area (Å²) >= 11 is 0. The van der Waals surface area contributed by atoms with Gasteiger partial charge in [-0.1, -0.05) is 0 Å². The lowest BCUT2D eigenvalue weighted by atomic mass is 10.0. The van der Waals surface area contributed by atoms with Gasteiger partial charge in [0.15, 0.2) is 0 Å². The lowest BCUT2D eigenvalue weighted by Gasteiger charge is -2.36. The maximum Gasteiger partial charge on any atom is 0.471 e. The van der Waals surface area contributed by atoms with Gasteiger partial charge in [-0.25, -0.2) is 0 Å². The molecular weight excluding hydrogens is 323 g/mol. The third kappa shape index (κ3) is 3.63. The molecule has 1 aliphatic rings. The molecule has 8 heteroatoms. The van der Waals surface area contributed by atoms with Crippen LogP contribution in [0.25, 0.3) is 0 Å².